The third-order valence-electron chi connectivity index (χ3n) is 6.09. The number of hydrogen-bond donors (Lipinski definition) is 2. The van der Waals surface area contributed by atoms with E-state index < -0.39 is 0 Å². The Morgan fingerprint density at radius 1 is 1.26 bits per heavy atom. The molecule has 35 heavy (non-hydrogen) atoms. The fourth-order valence-electron chi connectivity index (χ4n) is 4.07. The second-order valence-electron chi connectivity index (χ2n) is 9.38. The quantitative estimate of drug-likeness (QED) is 0.333. The van der Waals surface area contributed by atoms with E-state index in [1.54, 1.807) is 0 Å². The molecule has 1 fully saturated rings. The Bertz CT molecular complexity index is 934. The maximum atomic E-state index is 12.4. The molecule has 2 aromatic rings. The molecule has 9 heteroatoms. The summed E-state index contributed by atoms with van der Waals surface area (Å²) in [4.78, 5) is 22.4. The van der Waals surface area contributed by atoms with Crippen molar-refractivity contribution in [1.29, 1.82) is 0 Å². The number of likely N-dealkylation sites (tertiary alicyclic amines) is 1. The Balaban J connectivity index is 0.00000306. The number of halogens is 2. The van der Waals surface area contributed by atoms with E-state index in [1.807, 2.05) is 24.8 Å². The standard InChI is InChI=1S/C26H40N4O2S.2ClH/c1-19(2)33-16-11-24-21(4)28-26(29-25(24)31)27-12-6-15-32-23-8-5-7-22(17-23)18-30-13-9-20(3)10-14-30;;/h5,7-8,17,19-20H,6,9-16,18H2,1-4H3,(H2,27,28,29,31);2*1H. The van der Waals surface area contributed by atoms with Crippen LogP contribution in [0.25, 0.3) is 0 Å². The minimum absolute atomic E-state index is 0. The third kappa shape index (κ3) is 11.0. The third-order valence-corrected chi connectivity index (χ3v) is 7.20. The molecule has 1 saturated heterocycles. The first-order valence-corrected chi connectivity index (χ1v) is 13.3. The minimum Gasteiger partial charge on any atom is -0.494 e. The number of nitrogens with zero attached hydrogens (tertiary/aromatic N) is 2. The van der Waals surface area contributed by atoms with Gasteiger partial charge in [0.25, 0.3) is 5.56 Å². The van der Waals surface area contributed by atoms with Crippen molar-refractivity contribution in [2.75, 3.05) is 37.3 Å². The van der Waals surface area contributed by atoms with E-state index in [1.165, 1.54) is 31.5 Å². The summed E-state index contributed by atoms with van der Waals surface area (Å²) in [6.45, 7) is 13.3. The van der Waals surface area contributed by atoms with Crippen molar-refractivity contribution in [2.24, 2.45) is 5.92 Å². The lowest BCUT2D eigenvalue weighted by atomic mass is 9.99. The number of piperidine rings is 1. The lowest BCUT2D eigenvalue weighted by Crippen LogP contribution is -2.32. The molecule has 1 aromatic carbocycles. The Labute approximate surface area is 227 Å². The van der Waals surface area contributed by atoms with Crippen LogP contribution < -0.4 is 15.6 Å². The zero-order chi connectivity index (χ0) is 23.6. The monoisotopic (exact) mass is 544 g/mol. The maximum absolute atomic E-state index is 12.4. The van der Waals surface area contributed by atoms with E-state index in [0.717, 1.165) is 48.1 Å². The highest BCUT2D eigenvalue weighted by Gasteiger charge is 2.15. The number of nitrogens with one attached hydrogen (secondary N) is 2. The fourth-order valence-corrected chi connectivity index (χ4v) is 4.86. The summed E-state index contributed by atoms with van der Waals surface area (Å²) in [6, 6.07) is 8.44. The second-order valence-corrected chi connectivity index (χ2v) is 11.1. The van der Waals surface area contributed by atoms with E-state index in [2.05, 4.69) is 59.2 Å². The highest BCUT2D eigenvalue weighted by atomic mass is 35.5. The van der Waals surface area contributed by atoms with Gasteiger partial charge >= 0.3 is 0 Å². The molecule has 198 valence electrons. The molecule has 1 aliphatic heterocycles. The van der Waals surface area contributed by atoms with Gasteiger partial charge in [0.1, 0.15) is 5.75 Å². The smallest absolute Gasteiger partial charge is 0.255 e. The molecule has 3 rings (SSSR count). The van der Waals surface area contributed by atoms with Gasteiger partial charge in [-0.3, -0.25) is 14.7 Å². The summed E-state index contributed by atoms with van der Waals surface area (Å²) in [5.74, 6) is 3.25. The molecule has 0 bridgehead atoms. The number of hydrogen-bond acceptors (Lipinski definition) is 6. The van der Waals surface area contributed by atoms with E-state index in [-0.39, 0.29) is 30.4 Å². The van der Waals surface area contributed by atoms with Crippen molar-refractivity contribution in [3.8, 4) is 5.75 Å². The van der Waals surface area contributed by atoms with Crippen molar-refractivity contribution < 1.29 is 4.74 Å². The summed E-state index contributed by atoms with van der Waals surface area (Å²) < 4.78 is 5.97. The molecule has 0 radical (unpaired) electrons. The lowest BCUT2D eigenvalue weighted by molar-refractivity contribution is 0.185. The first-order valence-electron chi connectivity index (χ1n) is 12.3. The fraction of sp³-hybridized carbons (Fsp3) is 0.615. The molecule has 0 atom stereocenters. The number of aromatic nitrogens is 2. The van der Waals surface area contributed by atoms with Gasteiger partial charge in [-0.25, -0.2) is 4.98 Å². The largest absolute Gasteiger partial charge is 0.494 e. The van der Waals surface area contributed by atoms with Gasteiger partial charge in [0.2, 0.25) is 5.95 Å². The van der Waals surface area contributed by atoms with Gasteiger partial charge in [-0.15, -0.1) is 24.8 Å². The van der Waals surface area contributed by atoms with Crippen LogP contribution in [-0.2, 0) is 13.0 Å². The molecule has 0 amide bonds. The van der Waals surface area contributed by atoms with Crippen molar-refractivity contribution >= 4 is 42.5 Å². The SMILES string of the molecule is Cc1nc(NCCCOc2cccc(CN3CCC(C)CC3)c2)[nH]c(=O)c1CCSC(C)C.Cl.Cl. The van der Waals surface area contributed by atoms with Crippen molar-refractivity contribution in [2.45, 2.75) is 65.2 Å². The van der Waals surface area contributed by atoms with Gasteiger partial charge in [0.05, 0.1) is 6.61 Å². The Kier molecular flexibility index (Phi) is 14.8. The topological polar surface area (TPSA) is 70.2 Å². The number of ether oxygens (including phenoxy) is 1. The van der Waals surface area contributed by atoms with Crippen LogP contribution in [0.3, 0.4) is 0 Å². The molecule has 2 heterocycles. The van der Waals surface area contributed by atoms with E-state index in [0.29, 0.717) is 24.3 Å². The normalized spacial score (nSPS) is 14.3. The van der Waals surface area contributed by atoms with Gasteiger partial charge in [-0.05, 0) is 80.3 Å². The number of anilines is 1. The summed E-state index contributed by atoms with van der Waals surface area (Å²) >= 11 is 1.86. The van der Waals surface area contributed by atoms with Crippen molar-refractivity contribution in [3.63, 3.8) is 0 Å². The summed E-state index contributed by atoms with van der Waals surface area (Å²) in [5, 5.41) is 3.80. The molecular formula is C26H42Cl2N4O2S. The average molecular weight is 546 g/mol. The molecule has 1 aliphatic rings. The maximum Gasteiger partial charge on any atom is 0.255 e. The Morgan fingerprint density at radius 3 is 2.69 bits per heavy atom. The van der Waals surface area contributed by atoms with Crippen LogP contribution in [0.4, 0.5) is 5.95 Å². The van der Waals surface area contributed by atoms with Crippen LogP contribution >= 0.6 is 36.6 Å². The second kappa shape index (κ2) is 16.4. The molecule has 0 aliphatic carbocycles. The molecule has 0 unspecified atom stereocenters. The molecule has 0 spiro atoms. The number of aromatic amines is 1. The first kappa shape index (κ1) is 31.6. The summed E-state index contributed by atoms with van der Waals surface area (Å²) in [6.07, 6.45) is 4.16. The van der Waals surface area contributed by atoms with E-state index >= 15 is 0 Å². The molecule has 0 saturated carbocycles. The minimum atomic E-state index is -0.0365. The summed E-state index contributed by atoms with van der Waals surface area (Å²) in [5.41, 5.74) is 2.87. The van der Waals surface area contributed by atoms with E-state index in [4.69, 9.17) is 4.74 Å². The molecule has 6 nitrogen and oxygen atoms in total. The molecule has 1 aromatic heterocycles. The summed E-state index contributed by atoms with van der Waals surface area (Å²) in [7, 11) is 0. The van der Waals surface area contributed by atoms with Crippen LogP contribution in [0.5, 0.6) is 5.75 Å². The van der Waals surface area contributed by atoms with Gasteiger partial charge in [0.15, 0.2) is 0 Å². The first-order chi connectivity index (χ1) is 15.9. The van der Waals surface area contributed by atoms with Crippen LogP contribution in [0.2, 0.25) is 0 Å². The van der Waals surface area contributed by atoms with Gasteiger partial charge in [0, 0.05) is 24.3 Å². The molecule has 2 N–H and O–H groups in total. The van der Waals surface area contributed by atoms with Crippen LogP contribution in [0.1, 0.15) is 56.9 Å². The number of aryl methyl sites for hydroxylation is 1. The predicted octanol–water partition coefficient (Wildman–Crippen LogP) is 5.72. The highest BCUT2D eigenvalue weighted by molar-refractivity contribution is 7.99. The van der Waals surface area contributed by atoms with Gasteiger partial charge in [-0.2, -0.15) is 11.8 Å². The van der Waals surface area contributed by atoms with Gasteiger partial charge in [-0.1, -0.05) is 32.9 Å². The Hall–Kier alpha value is -1.41. The van der Waals surface area contributed by atoms with Crippen LogP contribution in [0.15, 0.2) is 29.1 Å². The number of H-pyrrole nitrogens is 1. The van der Waals surface area contributed by atoms with Crippen LogP contribution in [0, 0.1) is 12.8 Å². The number of benzene rings is 1. The predicted molar refractivity (Wildman–Crippen MR) is 154 cm³/mol. The van der Waals surface area contributed by atoms with Crippen molar-refractivity contribution in [3.05, 3.63) is 51.4 Å². The average Bonchev–Trinajstić information content (AvgIpc) is 2.77. The number of thioether (sulfide) groups is 1. The Morgan fingerprint density at radius 2 is 2.00 bits per heavy atom. The van der Waals surface area contributed by atoms with Gasteiger partial charge < -0.3 is 10.1 Å². The van der Waals surface area contributed by atoms with E-state index in [9.17, 15) is 4.79 Å². The molecular weight excluding hydrogens is 503 g/mol. The highest BCUT2D eigenvalue weighted by Crippen LogP contribution is 2.20. The number of rotatable bonds is 12. The van der Waals surface area contributed by atoms with Crippen LogP contribution in [-0.4, -0.2) is 52.1 Å². The van der Waals surface area contributed by atoms with Crippen molar-refractivity contribution in [1.82, 2.24) is 14.9 Å². The zero-order valence-corrected chi connectivity index (χ0v) is 23.9. The zero-order valence-electron chi connectivity index (χ0n) is 21.5. The lowest BCUT2D eigenvalue weighted by Gasteiger charge is -2.30.